The number of anilines is 1. The molecule has 4 aliphatic heterocycles. The van der Waals surface area contributed by atoms with Crippen LogP contribution in [-0.4, -0.2) is 88.1 Å². The first-order valence-electron chi connectivity index (χ1n) is 13.3. The lowest BCUT2D eigenvalue weighted by Crippen LogP contribution is -2.57. The van der Waals surface area contributed by atoms with Crippen LogP contribution in [0.4, 0.5) is 5.69 Å². The molecule has 1 aromatic carbocycles. The van der Waals surface area contributed by atoms with Crippen LogP contribution in [0, 0.1) is 17.8 Å². The van der Waals surface area contributed by atoms with Crippen molar-refractivity contribution in [3.63, 3.8) is 0 Å². The number of carbonyl (C=O) groups is 3. The zero-order valence-electron chi connectivity index (χ0n) is 22.7. The molecule has 1 N–H and O–H groups in total. The van der Waals surface area contributed by atoms with Crippen LogP contribution in [0.25, 0.3) is 0 Å². The number of rotatable bonds is 6. The van der Waals surface area contributed by atoms with Crippen LogP contribution >= 0.6 is 11.8 Å². The average molecular weight is 540 g/mol. The van der Waals surface area contributed by atoms with E-state index in [1.807, 2.05) is 69.3 Å². The molecule has 0 saturated carbocycles. The first-order valence-corrected chi connectivity index (χ1v) is 14.1. The van der Waals surface area contributed by atoms with Gasteiger partial charge in [-0.25, -0.2) is 0 Å². The van der Waals surface area contributed by atoms with Gasteiger partial charge in [-0.1, -0.05) is 38.2 Å². The standard InChI is InChI=1S/C29H37N3O5S/c1-18(2)16-20(17-33)32-24-27(36)31(19-8-10-21(37-5)11-9-19)15-7-13-29(24)23(26(32)35)22-25(34)30(4)14-6-12-28(22,3)38-29/h6-13,18,20,22-24,33H,14-17H2,1-5H3/t20-,22+,23+,24?,28-,29+/m1/s1. The molecule has 204 valence electrons. The molecule has 3 amide bonds. The fourth-order valence-corrected chi connectivity index (χ4v) is 8.93. The second-order valence-corrected chi connectivity index (χ2v) is 13.2. The predicted molar refractivity (Wildman–Crippen MR) is 148 cm³/mol. The van der Waals surface area contributed by atoms with Crippen molar-refractivity contribution in [3.8, 4) is 5.75 Å². The SMILES string of the molecule is COc1ccc(N2CC=C[C@]34S[C@]5(C)C=CCN(C)C(=O)[C@@H]5[C@H]3C(=O)N([C@@H](CO)CC(C)C)C4C2=O)cc1. The molecule has 5 rings (SSSR count). The highest BCUT2D eigenvalue weighted by Gasteiger charge is 2.74. The van der Waals surface area contributed by atoms with E-state index in [-0.39, 0.29) is 30.2 Å². The summed E-state index contributed by atoms with van der Waals surface area (Å²) in [4.78, 5) is 47.8. The molecule has 4 heterocycles. The van der Waals surface area contributed by atoms with E-state index in [1.165, 1.54) is 0 Å². The Labute approximate surface area is 228 Å². The van der Waals surface area contributed by atoms with E-state index in [4.69, 9.17) is 4.74 Å². The maximum Gasteiger partial charge on any atom is 0.251 e. The molecule has 2 fully saturated rings. The summed E-state index contributed by atoms with van der Waals surface area (Å²) in [5, 5.41) is 10.5. The molecule has 9 heteroatoms. The third-order valence-electron chi connectivity index (χ3n) is 8.43. The zero-order valence-corrected chi connectivity index (χ0v) is 23.5. The minimum Gasteiger partial charge on any atom is -0.497 e. The van der Waals surface area contributed by atoms with E-state index in [0.29, 0.717) is 30.9 Å². The monoisotopic (exact) mass is 539 g/mol. The molecule has 6 atom stereocenters. The lowest BCUT2D eigenvalue weighted by Gasteiger charge is -2.40. The van der Waals surface area contributed by atoms with Gasteiger partial charge in [0.15, 0.2) is 0 Å². The van der Waals surface area contributed by atoms with Gasteiger partial charge in [-0.3, -0.25) is 14.4 Å². The van der Waals surface area contributed by atoms with Gasteiger partial charge in [0, 0.05) is 30.6 Å². The van der Waals surface area contributed by atoms with Crippen molar-refractivity contribution in [2.24, 2.45) is 17.8 Å². The van der Waals surface area contributed by atoms with Crippen LogP contribution in [0.2, 0.25) is 0 Å². The molecule has 1 spiro atoms. The molecule has 0 aromatic heterocycles. The fourth-order valence-electron chi connectivity index (χ4n) is 6.79. The number of fused-ring (bicyclic) bond motifs is 2. The van der Waals surface area contributed by atoms with E-state index in [2.05, 4.69) is 0 Å². The molecule has 4 aliphatic rings. The van der Waals surface area contributed by atoms with E-state index < -0.39 is 33.4 Å². The predicted octanol–water partition coefficient (Wildman–Crippen LogP) is 2.72. The Bertz CT molecular complexity index is 1180. The number of methoxy groups -OCH3 is 1. The van der Waals surface area contributed by atoms with Gasteiger partial charge >= 0.3 is 0 Å². The lowest BCUT2D eigenvalue weighted by atomic mass is 9.74. The number of amides is 3. The van der Waals surface area contributed by atoms with Gasteiger partial charge in [0.2, 0.25) is 11.8 Å². The molecule has 0 aliphatic carbocycles. The number of hydrogen-bond acceptors (Lipinski definition) is 6. The quantitative estimate of drug-likeness (QED) is 0.559. The molecule has 2 saturated heterocycles. The maximum absolute atomic E-state index is 14.6. The number of likely N-dealkylation sites (tertiary alicyclic amines) is 1. The van der Waals surface area contributed by atoms with E-state index in [9.17, 15) is 19.5 Å². The van der Waals surface area contributed by atoms with E-state index in [0.717, 1.165) is 0 Å². The largest absolute Gasteiger partial charge is 0.497 e. The number of nitrogens with zero attached hydrogens (tertiary/aromatic N) is 3. The van der Waals surface area contributed by atoms with Crippen molar-refractivity contribution in [2.45, 2.75) is 48.8 Å². The van der Waals surface area contributed by atoms with Gasteiger partial charge in [0.25, 0.3) is 5.91 Å². The van der Waals surface area contributed by atoms with Crippen LogP contribution in [-0.2, 0) is 14.4 Å². The Kier molecular flexibility index (Phi) is 6.88. The topological polar surface area (TPSA) is 90.4 Å². The van der Waals surface area contributed by atoms with Gasteiger partial charge in [0.05, 0.1) is 36.3 Å². The first kappa shape index (κ1) is 26.8. The Morgan fingerprint density at radius 1 is 1.03 bits per heavy atom. The van der Waals surface area contributed by atoms with Crippen molar-refractivity contribution < 1.29 is 24.2 Å². The van der Waals surface area contributed by atoms with Crippen LogP contribution in [0.15, 0.2) is 48.6 Å². The molecule has 38 heavy (non-hydrogen) atoms. The molecule has 0 bridgehead atoms. The highest BCUT2D eigenvalue weighted by atomic mass is 32.2. The summed E-state index contributed by atoms with van der Waals surface area (Å²) in [7, 11) is 3.36. The van der Waals surface area contributed by atoms with Gasteiger partial charge in [-0.2, -0.15) is 0 Å². The minimum atomic E-state index is -0.933. The number of aliphatic hydroxyl groups is 1. The highest BCUT2D eigenvalue weighted by Crippen LogP contribution is 2.66. The Balaban J connectivity index is 1.66. The number of benzene rings is 1. The minimum absolute atomic E-state index is 0.0812. The van der Waals surface area contributed by atoms with E-state index in [1.54, 1.807) is 40.6 Å². The molecule has 8 nitrogen and oxygen atoms in total. The van der Waals surface area contributed by atoms with Gasteiger partial charge in [-0.05, 0) is 43.5 Å². The maximum atomic E-state index is 14.6. The van der Waals surface area contributed by atoms with Crippen LogP contribution in [0.5, 0.6) is 5.75 Å². The summed E-state index contributed by atoms with van der Waals surface area (Å²) in [5.74, 6) is -0.929. The molecule has 0 radical (unpaired) electrons. The van der Waals surface area contributed by atoms with Gasteiger partial charge in [0.1, 0.15) is 11.8 Å². The normalized spacial score (nSPS) is 33.3. The summed E-state index contributed by atoms with van der Waals surface area (Å²) in [6, 6.07) is 5.93. The number of thioether (sulfide) groups is 1. The molecule has 1 aromatic rings. The zero-order chi connectivity index (χ0) is 27.4. The van der Waals surface area contributed by atoms with Crippen molar-refractivity contribution in [1.82, 2.24) is 9.80 Å². The first-order chi connectivity index (χ1) is 18.1. The molecular weight excluding hydrogens is 502 g/mol. The number of aliphatic hydroxyl groups excluding tert-OH is 1. The van der Waals surface area contributed by atoms with Crippen molar-refractivity contribution in [2.75, 3.05) is 38.8 Å². The third kappa shape index (κ3) is 3.97. The molecule has 1 unspecified atom stereocenters. The second-order valence-electron chi connectivity index (χ2n) is 11.4. The average Bonchev–Trinajstić information content (AvgIpc) is 3.17. The Morgan fingerprint density at radius 3 is 2.34 bits per heavy atom. The van der Waals surface area contributed by atoms with Crippen LogP contribution in [0.1, 0.15) is 27.2 Å². The number of likely N-dealkylation sites (N-methyl/N-ethyl adjacent to an activating group) is 1. The summed E-state index contributed by atoms with van der Waals surface area (Å²) >= 11 is 1.56. The van der Waals surface area contributed by atoms with Gasteiger partial charge in [-0.15, -0.1) is 11.8 Å². The van der Waals surface area contributed by atoms with Gasteiger partial charge < -0.3 is 24.5 Å². The Morgan fingerprint density at radius 2 is 1.71 bits per heavy atom. The number of carbonyl (C=O) groups excluding carboxylic acids is 3. The highest BCUT2D eigenvalue weighted by molar-refractivity contribution is 8.02. The fraction of sp³-hybridized carbons (Fsp3) is 0.552. The smallest absolute Gasteiger partial charge is 0.251 e. The summed E-state index contributed by atoms with van der Waals surface area (Å²) in [6.07, 6.45) is 8.56. The number of hydrogen-bond donors (Lipinski definition) is 1. The van der Waals surface area contributed by atoms with Crippen molar-refractivity contribution >= 4 is 35.2 Å². The Hall–Kier alpha value is -2.78. The second kappa shape index (κ2) is 9.75. The summed E-state index contributed by atoms with van der Waals surface area (Å²) < 4.78 is 3.72. The van der Waals surface area contributed by atoms with Crippen molar-refractivity contribution in [3.05, 3.63) is 48.6 Å². The number of ether oxygens (including phenoxy) is 1. The van der Waals surface area contributed by atoms with Crippen molar-refractivity contribution in [1.29, 1.82) is 0 Å². The van der Waals surface area contributed by atoms with Crippen LogP contribution in [0.3, 0.4) is 0 Å². The lowest BCUT2D eigenvalue weighted by molar-refractivity contribution is -0.145. The summed E-state index contributed by atoms with van der Waals surface area (Å²) in [5.41, 5.74) is 0.705. The van der Waals surface area contributed by atoms with E-state index >= 15 is 0 Å². The summed E-state index contributed by atoms with van der Waals surface area (Å²) in [6.45, 7) is 6.68. The van der Waals surface area contributed by atoms with Crippen LogP contribution < -0.4 is 9.64 Å². The molecular formula is C29H37N3O5S. The third-order valence-corrected chi connectivity index (χ3v) is 10.2.